The van der Waals surface area contributed by atoms with Crippen LogP contribution in [0, 0.1) is 6.92 Å². The van der Waals surface area contributed by atoms with E-state index in [0.29, 0.717) is 13.0 Å². The summed E-state index contributed by atoms with van der Waals surface area (Å²) in [5.41, 5.74) is 3.33. The zero-order valence-electron chi connectivity index (χ0n) is 17.3. The van der Waals surface area contributed by atoms with Gasteiger partial charge in [-0.25, -0.2) is 4.98 Å². The molecule has 1 aromatic heterocycles. The fourth-order valence-corrected chi connectivity index (χ4v) is 4.24. The maximum Gasteiger partial charge on any atom is 0.222 e. The lowest BCUT2D eigenvalue weighted by molar-refractivity contribution is -0.131. The van der Waals surface area contributed by atoms with Crippen LogP contribution in [0.5, 0.6) is 5.75 Å². The standard InChI is InChI=1S/C24H29N3O2/c1-3-23(28)26-14-7-13-22(26)24-25-20-11-4-5-12-21(20)27(24)15-8-16-29-19-10-6-9-18(2)17-19/h4-6,9-12,17,22H,3,7-8,13-16H2,1-2H3/t22-/m0/s1. The number of aromatic nitrogens is 2. The van der Waals surface area contributed by atoms with Crippen LogP contribution in [-0.2, 0) is 11.3 Å². The second-order valence-corrected chi connectivity index (χ2v) is 7.73. The fraction of sp³-hybridized carbons (Fsp3) is 0.417. The van der Waals surface area contributed by atoms with Crippen LogP contribution in [0.3, 0.4) is 0 Å². The molecule has 0 bridgehead atoms. The van der Waals surface area contributed by atoms with Gasteiger partial charge in [0.2, 0.25) is 5.91 Å². The van der Waals surface area contributed by atoms with Gasteiger partial charge in [0.05, 0.1) is 23.7 Å². The largest absolute Gasteiger partial charge is 0.494 e. The molecule has 1 aliphatic rings. The molecule has 29 heavy (non-hydrogen) atoms. The third kappa shape index (κ3) is 4.14. The van der Waals surface area contributed by atoms with Crippen LogP contribution in [0.1, 0.15) is 50.0 Å². The minimum atomic E-state index is 0.0764. The van der Waals surface area contributed by atoms with Gasteiger partial charge >= 0.3 is 0 Å². The normalized spacial score (nSPS) is 16.5. The van der Waals surface area contributed by atoms with Crippen LogP contribution in [0.15, 0.2) is 48.5 Å². The topological polar surface area (TPSA) is 47.4 Å². The van der Waals surface area contributed by atoms with Crippen molar-refractivity contribution in [2.24, 2.45) is 0 Å². The molecule has 2 heterocycles. The lowest BCUT2D eigenvalue weighted by Crippen LogP contribution is -2.31. The first kappa shape index (κ1) is 19.5. The van der Waals surface area contributed by atoms with Gasteiger partial charge in [0.25, 0.3) is 0 Å². The van der Waals surface area contributed by atoms with Crippen molar-refractivity contribution in [3.05, 3.63) is 59.9 Å². The minimum Gasteiger partial charge on any atom is -0.494 e. The Kier molecular flexibility index (Phi) is 5.84. The van der Waals surface area contributed by atoms with Gasteiger partial charge in [0.1, 0.15) is 11.6 Å². The number of carbonyl (C=O) groups excluding carboxylic acids is 1. The van der Waals surface area contributed by atoms with Crippen LogP contribution < -0.4 is 4.74 Å². The summed E-state index contributed by atoms with van der Waals surface area (Å²) in [6, 6.07) is 16.5. The number of imidazole rings is 1. The van der Waals surface area contributed by atoms with E-state index in [0.717, 1.165) is 55.0 Å². The van der Waals surface area contributed by atoms with Gasteiger partial charge in [-0.1, -0.05) is 31.2 Å². The van der Waals surface area contributed by atoms with Gasteiger partial charge in [-0.15, -0.1) is 0 Å². The summed E-state index contributed by atoms with van der Waals surface area (Å²) in [5.74, 6) is 2.14. The number of amides is 1. The van der Waals surface area contributed by atoms with Gasteiger partial charge in [-0.3, -0.25) is 4.79 Å². The van der Waals surface area contributed by atoms with Crippen LogP contribution in [0.4, 0.5) is 0 Å². The summed E-state index contributed by atoms with van der Waals surface area (Å²) < 4.78 is 8.23. The predicted octanol–water partition coefficient (Wildman–Crippen LogP) is 4.89. The molecule has 1 aliphatic heterocycles. The second kappa shape index (κ2) is 8.68. The highest BCUT2D eigenvalue weighted by molar-refractivity contribution is 5.78. The molecule has 0 unspecified atom stereocenters. The Morgan fingerprint density at radius 3 is 2.90 bits per heavy atom. The molecule has 0 radical (unpaired) electrons. The van der Waals surface area contributed by atoms with Crippen molar-refractivity contribution in [1.29, 1.82) is 0 Å². The first-order valence-electron chi connectivity index (χ1n) is 10.6. The molecular weight excluding hydrogens is 362 g/mol. The summed E-state index contributed by atoms with van der Waals surface area (Å²) in [5, 5.41) is 0. The monoisotopic (exact) mass is 391 g/mol. The van der Waals surface area contributed by atoms with Crippen molar-refractivity contribution in [2.75, 3.05) is 13.2 Å². The highest BCUT2D eigenvalue weighted by Crippen LogP contribution is 2.34. The van der Waals surface area contributed by atoms with Crippen molar-refractivity contribution in [1.82, 2.24) is 14.5 Å². The number of fused-ring (bicyclic) bond motifs is 1. The highest BCUT2D eigenvalue weighted by Gasteiger charge is 2.32. The second-order valence-electron chi connectivity index (χ2n) is 7.73. The van der Waals surface area contributed by atoms with E-state index in [2.05, 4.69) is 41.8 Å². The summed E-state index contributed by atoms with van der Waals surface area (Å²) >= 11 is 0. The number of ether oxygens (including phenoxy) is 1. The molecule has 4 rings (SSSR count). The predicted molar refractivity (Wildman–Crippen MR) is 115 cm³/mol. The van der Waals surface area contributed by atoms with Crippen molar-refractivity contribution >= 4 is 16.9 Å². The molecular formula is C24H29N3O2. The van der Waals surface area contributed by atoms with Gasteiger partial charge in [0, 0.05) is 19.5 Å². The average Bonchev–Trinajstić information content (AvgIpc) is 3.35. The number of rotatable bonds is 7. The van der Waals surface area contributed by atoms with E-state index in [1.807, 2.05) is 30.0 Å². The van der Waals surface area contributed by atoms with Gasteiger partial charge in [-0.2, -0.15) is 0 Å². The number of benzene rings is 2. The molecule has 1 saturated heterocycles. The van der Waals surface area contributed by atoms with Crippen molar-refractivity contribution < 1.29 is 9.53 Å². The van der Waals surface area contributed by atoms with E-state index in [9.17, 15) is 4.79 Å². The maximum atomic E-state index is 12.4. The Labute approximate surface area is 172 Å². The first-order chi connectivity index (χ1) is 14.2. The zero-order valence-corrected chi connectivity index (χ0v) is 17.3. The van der Waals surface area contributed by atoms with Crippen LogP contribution in [-0.4, -0.2) is 33.5 Å². The molecule has 0 aliphatic carbocycles. The van der Waals surface area contributed by atoms with E-state index in [-0.39, 0.29) is 11.9 Å². The molecule has 5 nitrogen and oxygen atoms in total. The summed E-state index contributed by atoms with van der Waals surface area (Å²) in [7, 11) is 0. The molecule has 1 amide bonds. The number of hydrogen-bond donors (Lipinski definition) is 0. The molecule has 2 aromatic carbocycles. The zero-order chi connectivity index (χ0) is 20.2. The van der Waals surface area contributed by atoms with Crippen molar-refractivity contribution in [3.63, 3.8) is 0 Å². The number of para-hydroxylation sites is 2. The van der Waals surface area contributed by atoms with Gasteiger partial charge < -0.3 is 14.2 Å². The number of hydrogen-bond acceptors (Lipinski definition) is 3. The molecule has 1 atom stereocenters. The molecule has 5 heteroatoms. The third-order valence-electron chi connectivity index (χ3n) is 5.64. The first-order valence-corrected chi connectivity index (χ1v) is 10.6. The van der Waals surface area contributed by atoms with Gasteiger partial charge in [0.15, 0.2) is 0 Å². The molecule has 152 valence electrons. The lowest BCUT2D eigenvalue weighted by atomic mass is 10.2. The Morgan fingerprint density at radius 2 is 2.07 bits per heavy atom. The number of nitrogens with zero attached hydrogens (tertiary/aromatic N) is 3. The molecule has 0 saturated carbocycles. The Balaban J connectivity index is 1.53. The highest BCUT2D eigenvalue weighted by atomic mass is 16.5. The maximum absolute atomic E-state index is 12.4. The number of likely N-dealkylation sites (tertiary alicyclic amines) is 1. The van der Waals surface area contributed by atoms with E-state index in [4.69, 9.17) is 9.72 Å². The summed E-state index contributed by atoms with van der Waals surface area (Å²) in [4.78, 5) is 19.4. The SMILES string of the molecule is CCC(=O)N1CCC[C@H]1c1nc2ccccc2n1CCCOc1cccc(C)c1. The molecule has 1 fully saturated rings. The van der Waals surface area contributed by atoms with E-state index in [1.165, 1.54) is 5.56 Å². The smallest absolute Gasteiger partial charge is 0.222 e. The molecule has 0 spiro atoms. The van der Waals surface area contributed by atoms with Crippen LogP contribution in [0.2, 0.25) is 0 Å². The van der Waals surface area contributed by atoms with Gasteiger partial charge in [-0.05, 0) is 56.0 Å². The number of carbonyl (C=O) groups is 1. The van der Waals surface area contributed by atoms with E-state index >= 15 is 0 Å². The lowest BCUT2D eigenvalue weighted by Gasteiger charge is -2.25. The third-order valence-corrected chi connectivity index (χ3v) is 5.64. The molecule has 0 N–H and O–H groups in total. The van der Waals surface area contributed by atoms with E-state index in [1.54, 1.807) is 0 Å². The summed E-state index contributed by atoms with van der Waals surface area (Å²) in [6.45, 7) is 6.31. The van der Waals surface area contributed by atoms with Crippen molar-refractivity contribution in [3.8, 4) is 5.75 Å². The Bertz CT molecular complexity index is 995. The average molecular weight is 392 g/mol. The number of aryl methyl sites for hydroxylation is 2. The summed E-state index contributed by atoms with van der Waals surface area (Å²) in [6.07, 6.45) is 3.45. The molecule has 3 aromatic rings. The van der Waals surface area contributed by atoms with Crippen LogP contribution in [0.25, 0.3) is 11.0 Å². The van der Waals surface area contributed by atoms with Crippen LogP contribution >= 0.6 is 0 Å². The Hall–Kier alpha value is -2.82. The van der Waals surface area contributed by atoms with Crippen molar-refractivity contribution in [2.45, 2.75) is 52.1 Å². The fourth-order valence-electron chi connectivity index (χ4n) is 4.24. The quantitative estimate of drug-likeness (QED) is 0.539. The Morgan fingerprint density at radius 1 is 1.21 bits per heavy atom. The minimum absolute atomic E-state index is 0.0764. The van der Waals surface area contributed by atoms with E-state index < -0.39 is 0 Å².